The predicted octanol–water partition coefficient (Wildman–Crippen LogP) is 4.76. The number of rotatable bonds is 6. The van der Waals surface area contributed by atoms with Crippen molar-refractivity contribution >= 4 is 35.2 Å². The Morgan fingerprint density at radius 3 is 2.69 bits per heavy atom. The molecule has 0 saturated heterocycles. The van der Waals surface area contributed by atoms with E-state index >= 15 is 0 Å². The molecule has 2 aromatic rings. The van der Waals surface area contributed by atoms with Crippen molar-refractivity contribution in [3.8, 4) is 5.75 Å². The molecule has 1 unspecified atom stereocenters. The lowest BCUT2D eigenvalue weighted by Crippen LogP contribution is -2.45. The molecule has 0 saturated carbocycles. The number of halogens is 2. The maximum absolute atomic E-state index is 12.4. The summed E-state index contributed by atoms with van der Waals surface area (Å²) in [5, 5.41) is 6.45. The van der Waals surface area contributed by atoms with E-state index in [0.717, 1.165) is 5.56 Å². The number of ether oxygens (including phenoxy) is 2. The molecule has 1 aliphatic heterocycles. The van der Waals surface area contributed by atoms with Crippen LogP contribution in [-0.2, 0) is 16.1 Å². The Morgan fingerprint density at radius 2 is 1.97 bits per heavy atom. The molecule has 152 valence electrons. The number of benzene rings is 2. The van der Waals surface area contributed by atoms with Crippen molar-refractivity contribution in [3.63, 3.8) is 0 Å². The molecule has 2 N–H and O–H groups in total. The number of urea groups is 1. The lowest BCUT2D eigenvalue weighted by molar-refractivity contribution is -0.139. The Bertz CT molecular complexity index is 975. The average molecular weight is 435 g/mol. The highest BCUT2D eigenvalue weighted by atomic mass is 35.5. The third-order valence-corrected chi connectivity index (χ3v) is 4.95. The number of hydrogen-bond acceptors (Lipinski definition) is 4. The highest BCUT2D eigenvalue weighted by molar-refractivity contribution is 6.35. The topological polar surface area (TPSA) is 76.7 Å². The predicted molar refractivity (Wildman–Crippen MR) is 111 cm³/mol. The van der Waals surface area contributed by atoms with E-state index in [1.54, 1.807) is 50.2 Å². The lowest BCUT2D eigenvalue weighted by atomic mass is 9.95. The standard InChI is InChI=1S/C21H20Cl2N2O4/c1-3-28-20(26)18-12(2)24-21(27)25-19(18)13-5-4-6-16(9-13)29-11-14-7-8-15(22)10-17(14)23/h4-10,19H,3,11H2,1-2H3,(H2,24,25,27). The van der Waals surface area contributed by atoms with Crippen LogP contribution in [0.1, 0.15) is 31.0 Å². The van der Waals surface area contributed by atoms with Crippen molar-refractivity contribution in [2.75, 3.05) is 6.61 Å². The van der Waals surface area contributed by atoms with Gasteiger partial charge in [-0.05, 0) is 43.7 Å². The van der Waals surface area contributed by atoms with E-state index in [4.69, 9.17) is 32.7 Å². The van der Waals surface area contributed by atoms with Crippen LogP contribution in [0.5, 0.6) is 5.75 Å². The van der Waals surface area contributed by atoms with E-state index in [0.29, 0.717) is 32.6 Å². The third kappa shape index (κ3) is 5.02. The molecule has 0 aliphatic carbocycles. The van der Waals surface area contributed by atoms with Gasteiger partial charge in [0.2, 0.25) is 0 Å². The molecule has 29 heavy (non-hydrogen) atoms. The zero-order chi connectivity index (χ0) is 21.0. The van der Waals surface area contributed by atoms with E-state index in [9.17, 15) is 9.59 Å². The van der Waals surface area contributed by atoms with Crippen molar-refractivity contribution in [2.24, 2.45) is 0 Å². The fourth-order valence-electron chi connectivity index (χ4n) is 3.01. The summed E-state index contributed by atoms with van der Waals surface area (Å²) in [6.07, 6.45) is 0. The summed E-state index contributed by atoms with van der Waals surface area (Å²) < 4.78 is 11.0. The van der Waals surface area contributed by atoms with Crippen molar-refractivity contribution in [3.05, 3.63) is 74.9 Å². The van der Waals surface area contributed by atoms with Gasteiger partial charge in [-0.2, -0.15) is 0 Å². The molecule has 2 amide bonds. The normalized spacial score (nSPS) is 16.1. The molecular formula is C21H20Cl2N2O4. The molecule has 0 bridgehead atoms. The SMILES string of the molecule is CCOC(=O)C1=C(C)NC(=O)NC1c1cccc(OCc2ccc(Cl)cc2Cl)c1. The zero-order valence-corrected chi connectivity index (χ0v) is 17.4. The first kappa shape index (κ1) is 21.0. The number of hydrogen-bond donors (Lipinski definition) is 2. The molecule has 1 heterocycles. The van der Waals surface area contributed by atoms with Crippen LogP contribution in [-0.4, -0.2) is 18.6 Å². The lowest BCUT2D eigenvalue weighted by Gasteiger charge is -2.28. The number of nitrogens with one attached hydrogen (secondary N) is 2. The fourth-order valence-corrected chi connectivity index (χ4v) is 3.47. The van der Waals surface area contributed by atoms with E-state index in [1.807, 2.05) is 6.07 Å². The van der Waals surface area contributed by atoms with Crippen molar-refractivity contribution in [2.45, 2.75) is 26.5 Å². The Kier molecular flexibility index (Phi) is 6.67. The minimum Gasteiger partial charge on any atom is -0.489 e. The van der Waals surface area contributed by atoms with Crippen molar-refractivity contribution in [1.82, 2.24) is 10.6 Å². The number of esters is 1. The summed E-state index contributed by atoms with van der Waals surface area (Å²) >= 11 is 12.1. The van der Waals surface area contributed by atoms with Gasteiger partial charge >= 0.3 is 12.0 Å². The van der Waals surface area contributed by atoms with Crippen LogP contribution < -0.4 is 15.4 Å². The Morgan fingerprint density at radius 1 is 1.17 bits per heavy atom. The molecule has 1 atom stereocenters. The van der Waals surface area contributed by atoms with E-state index in [-0.39, 0.29) is 19.2 Å². The first-order valence-corrected chi connectivity index (χ1v) is 9.76. The minimum absolute atomic E-state index is 0.237. The third-order valence-electron chi connectivity index (χ3n) is 4.37. The molecule has 2 aromatic carbocycles. The summed E-state index contributed by atoms with van der Waals surface area (Å²) in [5.41, 5.74) is 2.29. The van der Waals surface area contributed by atoms with Gasteiger partial charge in [0.15, 0.2) is 0 Å². The maximum Gasteiger partial charge on any atom is 0.338 e. The summed E-state index contributed by atoms with van der Waals surface area (Å²) in [6.45, 7) is 3.88. The minimum atomic E-state index is -0.648. The summed E-state index contributed by atoms with van der Waals surface area (Å²) in [7, 11) is 0. The number of carbonyl (C=O) groups is 2. The second kappa shape index (κ2) is 9.20. The molecule has 0 spiro atoms. The van der Waals surface area contributed by atoms with Gasteiger partial charge in [-0.15, -0.1) is 0 Å². The molecule has 3 rings (SSSR count). The van der Waals surface area contributed by atoms with Gasteiger partial charge in [0, 0.05) is 21.3 Å². The Hall–Kier alpha value is -2.70. The molecule has 6 nitrogen and oxygen atoms in total. The fraction of sp³-hybridized carbons (Fsp3) is 0.238. The Labute approximate surface area is 178 Å². The Balaban J connectivity index is 1.84. The largest absolute Gasteiger partial charge is 0.489 e. The summed E-state index contributed by atoms with van der Waals surface area (Å²) in [4.78, 5) is 24.4. The van der Waals surface area contributed by atoms with Gasteiger partial charge in [-0.25, -0.2) is 9.59 Å². The van der Waals surface area contributed by atoms with Crippen molar-refractivity contribution < 1.29 is 19.1 Å². The summed E-state index contributed by atoms with van der Waals surface area (Å²) in [5.74, 6) is 0.0870. The molecular weight excluding hydrogens is 415 g/mol. The molecule has 0 aromatic heterocycles. The summed E-state index contributed by atoms with van der Waals surface area (Å²) in [6, 6.07) is 11.3. The van der Waals surface area contributed by atoms with Crippen LogP contribution in [0.4, 0.5) is 4.79 Å². The highest BCUT2D eigenvalue weighted by Gasteiger charge is 2.32. The number of amides is 2. The van der Waals surface area contributed by atoms with Gasteiger partial charge < -0.3 is 20.1 Å². The van der Waals surface area contributed by atoms with Crippen LogP contribution in [0.15, 0.2) is 53.7 Å². The second-order valence-electron chi connectivity index (χ2n) is 6.39. The molecule has 0 radical (unpaired) electrons. The quantitative estimate of drug-likeness (QED) is 0.642. The first-order chi connectivity index (χ1) is 13.9. The van der Waals surface area contributed by atoms with Gasteiger partial charge in [0.25, 0.3) is 0 Å². The van der Waals surface area contributed by atoms with Gasteiger partial charge in [-0.3, -0.25) is 0 Å². The smallest absolute Gasteiger partial charge is 0.338 e. The highest BCUT2D eigenvalue weighted by Crippen LogP contribution is 2.30. The average Bonchev–Trinajstić information content (AvgIpc) is 2.67. The van der Waals surface area contributed by atoms with Crippen molar-refractivity contribution in [1.29, 1.82) is 0 Å². The second-order valence-corrected chi connectivity index (χ2v) is 7.23. The van der Waals surface area contributed by atoms with Gasteiger partial charge in [-0.1, -0.05) is 41.4 Å². The van der Waals surface area contributed by atoms with Crippen LogP contribution in [0.25, 0.3) is 0 Å². The van der Waals surface area contributed by atoms with Crippen LogP contribution in [0.2, 0.25) is 10.0 Å². The zero-order valence-electron chi connectivity index (χ0n) is 15.9. The van der Waals surface area contributed by atoms with E-state index in [2.05, 4.69) is 10.6 Å². The van der Waals surface area contributed by atoms with E-state index < -0.39 is 12.0 Å². The van der Waals surface area contributed by atoms with Gasteiger partial charge in [0.05, 0.1) is 18.2 Å². The number of carbonyl (C=O) groups excluding carboxylic acids is 2. The molecule has 8 heteroatoms. The van der Waals surface area contributed by atoms with Crippen LogP contribution in [0.3, 0.4) is 0 Å². The molecule has 1 aliphatic rings. The maximum atomic E-state index is 12.4. The number of allylic oxidation sites excluding steroid dienone is 1. The van der Waals surface area contributed by atoms with Crippen LogP contribution in [0, 0.1) is 0 Å². The molecule has 0 fully saturated rings. The monoisotopic (exact) mass is 434 g/mol. The van der Waals surface area contributed by atoms with Crippen LogP contribution >= 0.6 is 23.2 Å². The first-order valence-electron chi connectivity index (χ1n) is 9.01. The van der Waals surface area contributed by atoms with Gasteiger partial charge in [0.1, 0.15) is 12.4 Å². The van der Waals surface area contributed by atoms with E-state index in [1.165, 1.54) is 0 Å².